The number of ether oxygens (including phenoxy) is 1. The predicted octanol–water partition coefficient (Wildman–Crippen LogP) is 2.32. The Labute approximate surface area is 100 Å². The van der Waals surface area contributed by atoms with Gasteiger partial charge >= 0.3 is 5.97 Å². The summed E-state index contributed by atoms with van der Waals surface area (Å²) in [4.78, 5) is 15.3. The molecule has 0 aliphatic carbocycles. The van der Waals surface area contributed by atoms with Gasteiger partial charge in [-0.3, -0.25) is 4.79 Å². The molecule has 0 aliphatic rings. The van der Waals surface area contributed by atoms with Crippen molar-refractivity contribution in [3.8, 4) is 0 Å². The zero-order valence-corrected chi connectivity index (χ0v) is 11.0. The molecular formula is C11H18N2O2S. The van der Waals surface area contributed by atoms with Crippen molar-refractivity contribution in [2.75, 3.05) is 19.0 Å². The smallest absolute Gasteiger partial charge is 0.311 e. The third-order valence-electron chi connectivity index (χ3n) is 1.87. The molecule has 0 bridgehead atoms. The molecule has 0 aliphatic heterocycles. The molecule has 0 radical (unpaired) electrons. The Morgan fingerprint density at radius 1 is 1.56 bits per heavy atom. The molecule has 0 spiro atoms. The van der Waals surface area contributed by atoms with Crippen LogP contribution < -0.4 is 5.32 Å². The first-order chi connectivity index (χ1) is 7.40. The number of carbonyl (C=O) groups is 1. The van der Waals surface area contributed by atoms with E-state index in [2.05, 4.69) is 35.8 Å². The van der Waals surface area contributed by atoms with Gasteiger partial charge in [0, 0.05) is 11.9 Å². The van der Waals surface area contributed by atoms with E-state index in [1.165, 1.54) is 18.4 Å². The highest BCUT2D eigenvalue weighted by molar-refractivity contribution is 7.13. The minimum Gasteiger partial charge on any atom is -0.469 e. The number of anilines is 1. The van der Waals surface area contributed by atoms with Crippen LogP contribution in [0.1, 0.15) is 26.5 Å². The molecule has 1 heterocycles. The van der Waals surface area contributed by atoms with Gasteiger partial charge in [0.2, 0.25) is 0 Å². The van der Waals surface area contributed by atoms with Gasteiger partial charge < -0.3 is 10.1 Å². The predicted molar refractivity (Wildman–Crippen MR) is 65.8 cm³/mol. The molecule has 1 aromatic heterocycles. The van der Waals surface area contributed by atoms with Crippen molar-refractivity contribution in [2.45, 2.75) is 27.2 Å². The summed E-state index contributed by atoms with van der Waals surface area (Å²) >= 11 is 1.51. The average Bonchev–Trinajstić information content (AvgIpc) is 2.61. The highest BCUT2D eigenvalue weighted by Gasteiger charge is 2.12. The summed E-state index contributed by atoms with van der Waals surface area (Å²) in [5, 5.41) is 5.98. The molecule has 16 heavy (non-hydrogen) atoms. The summed E-state index contributed by atoms with van der Waals surface area (Å²) in [5.74, 6) is -0.257. The second kappa shape index (κ2) is 5.30. The van der Waals surface area contributed by atoms with Crippen LogP contribution in [0.4, 0.5) is 5.13 Å². The van der Waals surface area contributed by atoms with E-state index in [9.17, 15) is 4.79 Å². The Kier molecular flexibility index (Phi) is 4.29. The van der Waals surface area contributed by atoms with Crippen LogP contribution in [0.5, 0.6) is 0 Å². The minimum atomic E-state index is -0.257. The lowest BCUT2D eigenvalue weighted by molar-refractivity contribution is -0.139. The van der Waals surface area contributed by atoms with E-state index in [0.717, 1.165) is 17.4 Å². The Hall–Kier alpha value is -1.10. The van der Waals surface area contributed by atoms with E-state index in [0.29, 0.717) is 0 Å². The van der Waals surface area contributed by atoms with Crippen LogP contribution in [0.25, 0.3) is 0 Å². The van der Waals surface area contributed by atoms with E-state index >= 15 is 0 Å². The van der Waals surface area contributed by atoms with Gasteiger partial charge in [0.25, 0.3) is 0 Å². The quantitative estimate of drug-likeness (QED) is 0.823. The lowest BCUT2D eigenvalue weighted by Crippen LogP contribution is -2.18. The SMILES string of the molecule is COC(=O)Cc1csc(NCC(C)(C)C)n1. The molecule has 0 amide bonds. The zero-order chi connectivity index (χ0) is 12.2. The molecule has 0 atom stereocenters. The highest BCUT2D eigenvalue weighted by Crippen LogP contribution is 2.19. The lowest BCUT2D eigenvalue weighted by atomic mass is 9.97. The van der Waals surface area contributed by atoms with Gasteiger partial charge in [0.05, 0.1) is 19.2 Å². The number of hydrogen-bond donors (Lipinski definition) is 1. The van der Waals surface area contributed by atoms with Gasteiger partial charge in [0.1, 0.15) is 0 Å². The molecule has 0 unspecified atom stereocenters. The lowest BCUT2D eigenvalue weighted by Gasteiger charge is -2.17. The van der Waals surface area contributed by atoms with Crippen molar-refractivity contribution in [2.24, 2.45) is 5.41 Å². The normalized spacial score (nSPS) is 11.2. The fourth-order valence-electron chi connectivity index (χ4n) is 1.03. The minimum absolute atomic E-state index is 0.216. The third kappa shape index (κ3) is 4.61. The van der Waals surface area contributed by atoms with Crippen LogP contribution in [0.3, 0.4) is 0 Å². The summed E-state index contributed by atoms with van der Waals surface area (Å²) in [6.45, 7) is 7.33. The maximum Gasteiger partial charge on any atom is 0.311 e. The van der Waals surface area contributed by atoms with Crippen LogP contribution in [0.15, 0.2) is 5.38 Å². The number of hydrogen-bond acceptors (Lipinski definition) is 5. The molecule has 0 fully saturated rings. The fraction of sp³-hybridized carbons (Fsp3) is 0.636. The fourth-order valence-corrected chi connectivity index (χ4v) is 1.74. The summed E-state index contributed by atoms with van der Waals surface area (Å²) in [6, 6.07) is 0. The summed E-state index contributed by atoms with van der Waals surface area (Å²) in [7, 11) is 1.38. The van der Waals surface area contributed by atoms with E-state index in [4.69, 9.17) is 0 Å². The van der Waals surface area contributed by atoms with Crippen molar-refractivity contribution in [3.05, 3.63) is 11.1 Å². The Balaban J connectivity index is 2.48. The van der Waals surface area contributed by atoms with E-state index in [1.54, 1.807) is 0 Å². The second-order valence-corrected chi connectivity index (χ2v) is 5.67. The van der Waals surface area contributed by atoms with Gasteiger partial charge in [0.15, 0.2) is 5.13 Å². The second-order valence-electron chi connectivity index (χ2n) is 4.81. The van der Waals surface area contributed by atoms with Gasteiger partial charge in [-0.2, -0.15) is 0 Å². The molecule has 0 saturated carbocycles. The standard InChI is InChI=1S/C11H18N2O2S/c1-11(2,3)7-12-10-13-8(6-16-10)5-9(14)15-4/h6H,5,7H2,1-4H3,(H,12,13). The Morgan fingerprint density at radius 3 is 2.81 bits per heavy atom. The van der Waals surface area contributed by atoms with Crippen molar-refractivity contribution >= 4 is 22.4 Å². The Morgan fingerprint density at radius 2 is 2.25 bits per heavy atom. The summed E-state index contributed by atoms with van der Waals surface area (Å²) in [5.41, 5.74) is 0.974. The van der Waals surface area contributed by atoms with Crippen LogP contribution in [0.2, 0.25) is 0 Å². The third-order valence-corrected chi connectivity index (χ3v) is 2.72. The average molecular weight is 242 g/mol. The molecule has 1 N–H and O–H groups in total. The van der Waals surface area contributed by atoms with Gasteiger partial charge in [-0.1, -0.05) is 20.8 Å². The van der Waals surface area contributed by atoms with E-state index in [1.807, 2.05) is 5.38 Å². The monoisotopic (exact) mass is 242 g/mol. The van der Waals surface area contributed by atoms with Crippen LogP contribution in [-0.4, -0.2) is 24.6 Å². The summed E-state index contributed by atoms with van der Waals surface area (Å²) < 4.78 is 4.58. The topological polar surface area (TPSA) is 51.2 Å². The molecular weight excluding hydrogens is 224 g/mol. The number of nitrogens with one attached hydrogen (secondary N) is 1. The highest BCUT2D eigenvalue weighted by atomic mass is 32.1. The number of carbonyl (C=O) groups excluding carboxylic acids is 1. The number of aromatic nitrogens is 1. The first kappa shape index (κ1) is 13.0. The van der Waals surface area contributed by atoms with E-state index in [-0.39, 0.29) is 17.8 Å². The molecule has 4 nitrogen and oxygen atoms in total. The van der Waals surface area contributed by atoms with Crippen LogP contribution >= 0.6 is 11.3 Å². The molecule has 90 valence electrons. The van der Waals surface area contributed by atoms with E-state index < -0.39 is 0 Å². The maximum absolute atomic E-state index is 11.0. The van der Waals surface area contributed by atoms with Gasteiger partial charge in [-0.05, 0) is 5.41 Å². The first-order valence-corrected chi connectivity index (χ1v) is 6.04. The molecule has 1 aromatic rings. The van der Waals surface area contributed by atoms with Gasteiger partial charge in [-0.25, -0.2) is 4.98 Å². The van der Waals surface area contributed by atoms with Crippen molar-refractivity contribution in [3.63, 3.8) is 0 Å². The molecule has 0 aromatic carbocycles. The van der Waals surface area contributed by atoms with Crippen LogP contribution in [0, 0.1) is 5.41 Å². The summed E-state index contributed by atoms with van der Waals surface area (Å²) in [6.07, 6.45) is 0.240. The molecule has 5 heteroatoms. The van der Waals surface area contributed by atoms with Crippen molar-refractivity contribution in [1.29, 1.82) is 0 Å². The molecule has 0 saturated heterocycles. The number of rotatable bonds is 4. The largest absolute Gasteiger partial charge is 0.469 e. The maximum atomic E-state index is 11.0. The first-order valence-electron chi connectivity index (χ1n) is 5.16. The number of nitrogens with zero attached hydrogens (tertiary/aromatic N) is 1. The Bertz CT molecular complexity index is 355. The molecule has 1 rings (SSSR count). The van der Waals surface area contributed by atoms with Crippen LogP contribution in [-0.2, 0) is 16.0 Å². The number of methoxy groups -OCH3 is 1. The number of thiazole rings is 1. The van der Waals surface area contributed by atoms with Crippen molar-refractivity contribution in [1.82, 2.24) is 4.98 Å². The zero-order valence-electron chi connectivity index (χ0n) is 10.2. The van der Waals surface area contributed by atoms with Crippen molar-refractivity contribution < 1.29 is 9.53 Å². The van der Waals surface area contributed by atoms with Gasteiger partial charge in [-0.15, -0.1) is 11.3 Å². The number of esters is 1.